The Morgan fingerprint density at radius 1 is 1.33 bits per heavy atom. The van der Waals surface area contributed by atoms with Crippen LogP contribution in [0.1, 0.15) is 45.6 Å². The summed E-state index contributed by atoms with van der Waals surface area (Å²) >= 11 is 0. The summed E-state index contributed by atoms with van der Waals surface area (Å²) in [5.74, 6) is 0.674. The first kappa shape index (κ1) is 15.6. The Hall–Kier alpha value is -1.75. The first-order valence-electron chi connectivity index (χ1n) is 7.21. The number of carbonyl (C=O) groups is 1. The summed E-state index contributed by atoms with van der Waals surface area (Å²) in [5, 5.41) is 2.79. The molecular formula is C16H24N2O3. The number of ether oxygens (including phenoxy) is 2. The van der Waals surface area contributed by atoms with Crippen molar-refractivity contribution in [2.24, 2.45) is 5.73 Å². The Balaban J connectivity index is 2.25. The highest BCUT2D eigenvalue weighted by Gasteiger charge is 2.36. The van der Waals surface area contributed by atoms with E-state index in [1.54, 1.807) is 13.2 Å². The molecule has 1 saturated carbocycles. The number of methoxy groups -OCH3 is 1. The maximum Gasteiger partial charge on any atom is 0.412 e. The lowest BCUT2D eigenvalue weighted by molar-refractivity contribution is 0.0635. The first-order valence-corrected chi connectivity index (χ1v) is 7.21. The van der Waals surface area contributed by atoms with Gasteiger partial charge in [0.1, 0.15) is 11.4 Å². The van der Waals surface area contributed by atoms with E-state index < -0.39 is 11.7 Å². The van der Waals surface area contributed by atoms with Gasteiger partial charge in [-0.05, 0) is 51.7 Å². The molecule has 1 aliphatic carbocycles. The van der Waals surface area contributed by atoms with Gasteiger partial charge in [-0.15, -0.1) is 0 Å². The molecule has 2 rings (SSSR count). The molecule has 0 radical (unpaired) electrons. The molecule has 0 aromatic heterocycles. The molecule has 0 aliphatic heterocycles. The fourth-order valence-corrected chi connectivity index (χ4v) is 2.43. The molecule has 0 unspecified atom stereocenters. The van der Waals surface area contributed by atoms with E-state index in [0.29, 0.717) is 11.4 Å². The second kappa shape index (κ2) is 5.56. The van der Waals surface area contributed by atoms with E-state index >= 15 is 0 Å². The number of amides is 1. The van der Waals surface area contributed by atoms with E-state index in [9.17, 15) is 4.79 Å². The number of benzene rings is 1. The Morgan fingerprint density at radius 3 is 2.48 bits per heavy atom. The summed E-state index contributed by atoms with van der Waals surface area (Å²) in [6.07, 6.45) is 2.46. The normalized spacial score (nSPS) is 16.8. The molecule has 0 bridgehead atoms. The molecule has 21 heavy (non-hydrogen) atoms. The van der Waals surface area contributed by atoms with E-state index in [1.165, 1.54) is 0 Å². The number of nitrogens with one attached hydrogen (secondary N) is 1. The Morgan fingerprint density at radius 2 is 2.00 bits per heavy atom. The number of nitrogens with two attached hydrogens (primary N) is 1. The van der Waals surface area contributed by atoms with Crippen LogP contribution in [0.25, 0.3) is 0 Å². The van der Waals surface area contributed by atoms with Crippen molar-refractivity contribution < 1.29 is 14.3 Å². The third-order valence-corrected chi connectivity index (χ3v) is 3.64. The van der Waals surface area contributed by atoms with E-state index in [0.717, 1.165) is 24.8 Å². The molecule has 0 spiro atoms. The van der Waals surface area contributed by atoms with Crippen LogP contribution in [-0.4, -0.2) is 18.8 Å². The van der Waals surface area contributed by atoms with Crippen LogP contribution in [0.15, 0.2) is 18.2 Å². The zero-order valence-corrected chi connectivity index (χ0v) is 13.2. The fraction of sp³-hybridized carbons (Fsp3) is 0.562. The summed E-state index contributed by atoms with van der Waals surface area (Å²) in [4.78, 5) is 12.0. The molecule has 5 heteroatoms. The molecule has 5 nitrogen and oxygen atoms in total. The van der Waals surface area contributed by atoms with Gasteiger partial charge in [0.15, 0.2) is 0 Å². The first-order chi connectivity index (χ1) is 9.73. The molecule has 0 heterocycles. The van der Waals surface area contributed by atoms with Gasteiger partial charge in [-0.2, -0.15) is 0 Å². The van der Waals surface area contributed by atoms with Gasteiger partial charge < -0.3 is 15.2 Å². The van der Waals surface area contributed by atoms with Crippen molar-refractivity contribution in [3.05, 3.63) is 23.8 Å². The van der Waals surface area contributed by atoms with Crippen LogP contribution < -0.4 is 15.8 Å². The van der Waals surface area contributed by atoms with Crippen LogP contribution in [0, 0.1) is 0 Å². The van der Waals surface area contributed by atoms with E-state index in [1.807, 2.05) is 32.9 Å². The number of rotatable bonds is 3. The maximum atomic E-state index is 12.0. The lowest BCUT2D eigenvalue weighted by Gasteiger charge is -2.39. The smallest absolute Gasteiger partial charge is 0.412 e. The summed E-state index contributed by atoms with van der Waals surface area (Å²) in [6, 6.07) is 5.57. The average Bonchev–Trinajstić information content (AvgIpc) is 2.33. The number of carbonyl (C=O) groups excluding carboxylic acids is 1. The molecule has 1 fully saturated rings. The summed E-state index contributed by atoms with van der Waals surface area (Å²) in [5.41, 5.74) is 7.07. The zero-order valence-electron chi connectivity index (χ0n) is 13.2. The molecule has 1 aliphatic rings. The minimum absolute atomic E-state index is 0.364. The van der Waals surface area contributed by atoms with Crippen molar-refractivity contribution in [2.45, 2.75) is 51.2 Å². The van der Waals surface area contributed by atoms with Gasteiger partial charge in [0, 0.05) is 11.6 Å². The minimum atomic E-state index is -0.542. The van der Waals surface area contributed by atoms with Gasteiger partial charge in [-0.25, -0.2) is 4.79 Å². The van der Waals surface area contributed by atoms with Crippen molar-refractivity contribution >= 4 is 11.8 Å². The number of hydrogen-bond donors (Lipinski definition) is 2. The quantitative estimate of drug-likeness (QED) is 0.895. The number of hydrogen-bond acceptors (Lipinski definition) is 4. The topological polar surface area (TPSA) is 73.6 Å². The third kappa shape index (κ3) is 3.67. The molecular weight excluding hydrogens is 268 g/mol. The van der Waals surface area contributed by atoms with Gasteiger partial charge in [0.05, 0.1) is 12.8 Å². The minimum Gasteiger partial charge on any atom is -0.497 e. The highest BCUT2D eigenvalue weighted by atomic mass is 16.6. The molecule has 1 aromatic rings. The van der Waals surface area contributed by atoms with Crippen LogP contribution >= 0.6 is 0 Å². The fourth-order valence-electron chi connectivity index (χ4n) is 2.43. The van der Waals surface area contributed by atoms with E-state index in [-0.39, 0.29) is 5.54 Å². The van der Waals surface area contributed by atoms with Crippen LogP contribution in [0.4, 0.5) is 10.5 Å². The molecule has 1 aromatic carbocycles. The summed E-state index contributed by atoms with van der Waals surface area (Å²) < 4.78 is 10.5. The highest BCUT2D eigenvalue weighted by molar-refractivity contribution is 5.86. The third-order valence-electron chi connectivity index (χ3n) is 3.64. The largest absolute Gasteiger partial charge is 0.497 e. The molecule has 0 atom stereocenters. The monoisotopic (exact) mass is 292 g/mol. The second-order valence-corrected chi connectivity index (χ2v) is 6.55. The predicted octanol–water partition coefficient (Wildman–Crippen LogP) is 3.38. The van der Waals surface area contributed by atoms with Gasteiger partial charge in [-0.3, -0.25) is 5.32 Å². The van der Waals surface area contributed by atoms with Gasteiger partial charge >= 0.3 is 6.09 Å². The zero-order chi connectivity index (χ0) is 15.7. The van der Waals surface area contributed by atoms with Crippen LogP contribution in [-0.2, 0) is 10.3 Å². The van der Waals surface area contributed by atoms with Crippen molar-refractivity contribution in [3.8, 4) is 5.75 Å². The van der Waals surface area contributed by atoms with Gasteiger partial charge in [-0.1, -0.05) is 6.07 Å². The summed E-state index contributed by atoms with van der Waals surface area (Å²) in [7, 11) is 1.59. The van der Waals surface area contributed by atoms with E-state index in [4.69, 9.17) is 15.2 Å². The highest BCUT2D eigenvalue weighted by Crippen LogP contribution is 2.43. The molecule has 1 amide bonds. The van der Waals surface area contributed by atoms with Crippen molar-refractivity contribution in [2.75, 3.05) is 12.4 Å². The molecule has 116 valence electrons. The Labute approximate surface area is 125 Å². The lowest BCUT2D eigenvalue weighted by Crippen LogP contribution is -2.44. The maximum absolute atomic E-state index is 12.0. The summed E-state index contributed by atoms with van der Waals surface area (Å²) in [6.45, 7) is 5.49. The van der Waals surface area contributed by atoms with E-state index in [2.05, 4.69) is 5.32 Å². The Bertz CT molecular complexity index is 531. The van der Waals surface area contributed by atoms with Crippen LogP contribution in [0.3, 0.4) is 0 Å². The number of anilines is 1. The van der Waals surface area contributed by atoms with Gasteiger partial charge in [0.25, 0.3) is 0 Å². The van der Waals surface area contributed by atoms with Crippen molar-refractivity contribution in [3.63, 3.8) is 0 Å². The van der Waals surface area contributed by atoms with Crippen LogP contribution in [0.2, 0.25) is 0 Å². The van der Waals surface area contributed by atoms with Crippen molar-refractivity contribution in [1.29, 1.82) is 0 Å². The molecule has 0 saturated heterocycles. The molecule has 3 N–H and O–H groups in total. The Kier molecular flexibility index (Phi) is 4.14. The standard InChI is InChI=1S/C16H24N2O3/c1-15(2,3)21-14(19)18-13-10-11(20-4)6-7-12(13)16(17)8-5-9-16/h6-7,10H,5,8-9,17H2,1-4H3,(H,18,19). The average molecular weight is 292 g/mol. The predicted molar refractivity (Wildman–Crippen MR) is 82.6 cm³/mol. The van der Waals surface area contributed by atoms with Gasteiger partial charge in [0.2, 0.25) is 0 Å². The van der Waals surface area contributed by atoms with Crippen molar-refractivity contribution in [1.82, 2.24) is 0 Å². The lowest BCUT2D eigenvalue weighted by atomic mass is 9.72. The van der Waals surface area contributed by atoms with Crippen LogP contribution in [0.5, 0.6) is 5.75 Å². The SMILES string of the molecule is COc1ccc(C2(N)CCC2)c(NC(=O)OC(C)(C)C)c1. The second-order valence-electron chi connectivity index (χ2n) is 6.55.